The smallest absolute Gasteiger partial charge is 0.412 e. The Hall–Kier alpha value is -1.80. The fourth-order valence-electron chi connectivity index (χ4n) is 6.19. The molecule has 1 aliphatic carbocycles. The Labute approximate surface area is 211 Å². The summed E-state index contributed by atoms with van der Waals surface area (Å²) in [7, 11) is 0. The van der Waals surface area contributed by atoms with Crippen LogP contribution in [0.2, 0.25) is 0 Å². The number of carbonyl (C=O) groups is 2. The second-order valence-corrected chi connectivity index (χ2v) is 12.5. The second kappa shape index (κ2) is 9.92. The van der Waals surface area contributed by atoms with Crippen molar-refractivity contribution in [3.63, 3.8) is 0 Å². The molecule has 0 N–H and O–H groups in total. The van der Waals surface area contributed by atoms with Crippen LogP contribution in [-0.4, -0.2) is 70.4 Å². The standard InChI is InChI=1S/C27H46N2O6/c1-10-13-21(35-23(31)29-25(4,5)18-34-27(29,8)9)20-15-12-11-14-19(20)16-32-22(30)28-24(2,3)17-33-26(28,6)7/h10,19-21H,1,11-18H2,2-9H3/t19-,20-,21+/m1/s1. The minimum absolute atomic E-state index is 0.0871. The summed E-state index contributed by atoms with van der Waals surface area (Å²) in [6, 6.07) is 0. The van der Waals surface area contributed by atoms with Gasteiger partial charge in [-0.1, -0.05) is 18.9 Å². The van der Waals surface area contributed by atoms with Crippen LogP contribution in [0.3, 0.4) is 0 Å². The van der Waals surface area contributed by atoms with E-state index in [-0.39, 0.29) is 30.1 Å². The Morgan fingerprint density at radius 1 is 0.914 bits per heavy atom. The Morgan fingerprint density at radius 3 is 1.91 bits per heavy atom. The lowest BCUT2D eigenvalue weighted by Gasteiger charge is -2.41. The first-order valence-electron chi connectivity index (χ1n) is 13.0. The fraction of sp³-hybridized carbons (Fsp3) is 0.852. The molecule has 3 atom stereocenters. The van der Waals surface area contributed by atoms with Crippen molar-refractivity contribution >= 4 is 12.2 Å². The van der Waals surface area contributed by atoms with Crippen molar-refractivity contribution in [2.75, 3.05) is 19.8 Å². The average Bonchev–Trinajstić information content (AvgIpc) is 3.11. The summed E-state index contributed by atoms with van der Waals surface area (Å²) in [4.78, 5) is 29.9. The Kier molecular flexibility index (Phi) is 7.88. The SMILES string of the molecule is C=CC[C@H](OC(=O)N1C(C)(C)COC1(C)C)[C@@H]1CCCC[C@@H]1COC(=O)N1C(C)(C)COC1(C)C. The molecule has 2 aliphatic heterocycles. The summed E-state index contributed by atoms with van der Waals surface area (Å²) in [6.07, 6.45) is 5.26. The van der Waals surface area contributed by atoms with Crippen molar-refractivity contribution in [3.05, 3.63) is 12.7 Å². The van der Waals surface area contributed by atoms with Crippen molar-refractivity contribution in [1.82, 2.24) is 9.80 Å². The van der Waals surface area contributed by atoms with Gasteiger partial charge in [-0.25, -0.2) is 9.59 Å². The molecular weight excluding hydrogens is 448 g/mol. The summed E-state index contributed by atoms with van der Waals surface area (Å²) < 4.78 is 23.7. The molecule has 2 amide bonds. The van der Waals surface area contributed by atoms with E-state index in [1.165, 1.54) is 0 Å². The lowest BCUT2D eigenvalue weighted by molar-refractivity contribution is -0.0742. The van der Waals surface area contributed by atoms with Gasteiger partial charge in [0.25, 0.3) is 0 Å². The predicted molar refractivity (Wildman–Crippen MR) is 134 cm³/mol. The molecular formula is C27H46N2O6. The van der Waals surface area contributed by atoms with Crippen LogP contribution < -0.4 is 0 Å². The van der Waals surface area contributed by atoms with Gasteiger partial charge in [-0.05, 0) is 74.1 Å². The molecule has 3 fully saturated rings. The third-order valence-electron chi connectivity index (χ3n) is 7.73. The molecule has 2 heterocycles. The van der Waals surface area contributed by atoms with Gasteiger partial charge in [0.05, 0.1) is 30.9 Å². The largest absolute Gasteiger partial charge is 0.449 e. The molecule has 0 aromatic heterocycles. The van der Waals surface area contributed by atoms with Crippen LogP contribution >= 0.6 is 0 Å². The predicted octanol–water partition coefficient (Wildman–Crippen LogP) is 5.70. The first-order valence-corrected chi connectivity index (χ1v) is 13.0. The maximum atomic E-state index is 13.4. The van der Waals surface area contributed by atoms with Gasteiger partial charge in [0.15, 0.2) is 0 Å². The molecule has 0 radical (unpaired) electrons. The van der Waals surface area contributed by atoms with Gasteiger partial charge in [-0.2, -0.15) is 0 Å². The minimum atomic E-state index is -0.738. The van der Waals surface area contributed by atoms with Gasteiger partial charge < -0.3 is 18.9 Å². The summed E-state index contributed by atoms with van der Waals surface area (Å²) in [5, 5.41) is 0. The highest BCUT2D eigenvalue weighted by atomic mass is 16.6. The van der Waals surface area contributed by atoms with E-state index >= 15 is 0 Å². The molecule has 35 heavy (non-hydrogen) atoms. The van der Waals surface area contributed by atoms with E-state index in [0.717, 1.165) is 25.7 Å². The van der Waals surface area contributed by atoms with Gasteiger partial charge in [-0.3, -0.25) is 9.80 Å². The van der Waals surface area contributed by atoms with Crippen molar-refractivity contribution in [2.24, 2.45) is 11.8 Å². The molecule has 3 aliphatic rings. The lowest BCUT2D eigenvalue weighted by Crippen LogP contribution is -2.54. The van der Waals surface area contributed by atoms with Crippen molar-refractivity contribution in [2.45, 2.75) is 116 Å². The average molecular weight is 495 g/mol. The van der Waals surface area contributed by atoms with E-state index in [2.05, 4.69) is 6.58 Å². The summed E-state index contributed by atoms with van der Waals surface area (Å²) in [6.45, 7) is 20.6. The van der Waals surface area contributed by atoms with Crippen LogP contribution in [0, 0.1) is 11.8 Å². The topological polar surface area (TPSA) is 77.5 Å². The molecule has 2 saturated heterocycles. The van der Waals surface area contributed by atoms with E-state index in [1.807, 2.05) is 55.4 Å². The molecule has 0 unspecified atom stereocenters. The highest BCUT2D eigenvalue weighted by molar-refractivity contribution is 5.70. The Balaban J connectivity index is 1.71. The molecule has 0 bridgehead atoms. The normalized spacial score (nSPS) is 29.5. The first-order chi connectivity index (χ1) is 16.1. The number of hydrogen-bond donors (Lipinski definition) is 0. The highest BCUT2D eigenvalue weighted by Gasteiger charge is 2.51. The molecule has 0 spiro atoms. The molecule has 1 saturated carbocycles. The third kappa shape index (κ3) is 5.79. The van der Waals surface area contributed by atoms with Crippen LogP contribution in [0.4, 0.5) is 9.59 Å². The zero-order chi connectivity index (χ0) is 26.2. The zero-order valence-corrected chi connectivity index (χ0v) is 23.0. The van der Waals surface area contributed by atoms with Gasteiger partial charge >= 0.3 is 12.2 Å². The molecule has 200 valence electrons. The van der Waals surface area contributed by atoms with Crippen LogP contribution in [0.1, 0.15) is 87.5 Å². The van der Waals surface area contributed by atoms with Crippen molar-refractivity contribution in [3.8, 4) is 0 Å². The second-order valence-electron chi connectivity index (χ2n) is 12.5. The number of amides is 2. The molecule has 3 rings (SSSR count). The maximum Gasteiger partial charge on any atom is 0.412 e. The fourth-order valence-corrected chi connectivity index (χ4v) is 6.19. The quantitative estimate of drug-likeness (QED) is 0.441. The zero-order valence-electron chi connectivity index (χ0n) is 23.0. The van der Waals surface area contributed by atoms with Crippen LogP contribution in [0.5, 0.6) is 0 Å². The highest BCUT2D eigenvalue weighted by Crippen LogP contribution is 2.40. The van der Waals surface area contributed by atoms with Gasteiger partial charge in [0.1, 0.15) is 17.6 Å². The summed E-state index contributed by atoms with van der Waals surface area (Å²) in [5.41, 5.74) is -2.36. The minimum Gasteiger partial charge on any atom is -0.449 e. The van der Waals surface area contributed by atoms with E-state index < -0.39 is 22.5 Å². The maximum absolute atomic E-state index is 13.4. The molecule has 0 aromatic rings. The van der Waals surface area contributed by atoms with Gasteiger partial charge in [0, 0.05) is 12.3 Å². The first kappa shape index (κ1) is 27.8. The van der Waals surface area contributed by atoms with Crippen molar-refractivity contribution in [1.29, 1.82) is 0 Å². The summed E-state index contributed by atoms with van der Waals surface area (Å²) >= 11 is 0. The summed E-state index contributed by atoms with van der Waals surface area (Å²) in [5.74, 6) is 0.195. The van der Waals surface area contributed by atoms with Gasteiger partial charge in [0.2, 0.25) is 0 Å². The lowest BCUT2D eigenvalue weighted by atomic mass is 9.75. The third-order valence-corrected chi connectivity index (χ3v) is 7.73. The Morgan fingerprint density at radius 2 is 1.43 bits per heavy atom. The van der Waals surface area contributed by atoms with Crippen LogP contribution in [0.15, 0.2) is 12.7 Å². The Bertz CT molecular complexity index is 773. The van der Waals surface area contributed by atoms with E-state index in [4.69, 9.17) is 18.9 Å². The molecule has 0 aromatic carbocycles. The number of hydrogen-bond acceptors (Lipinski definition) is 6. The number of ether oxygens (including phenoxy) is 4. The molecule has 8 nitrogen and oxygen atoms in total. The monoisotopic (exact) mass is 494 g/mol. The van der Waals surface area contributed by atoms with E-state index in [9.17, 15) is 9.59 Å². The van der Waals surface area contributed by atoms with Gasteiger partial charge in [-0.15, -0.1) is 6.58 Å². The van der Waals surface area contributed by atoms with E-state index in [1.54, 1.807) is 15.9 Å². The van der Waals surface area contributed by atoms with Crippen molar-refractivity contribution < 1.29 is 28.5 Å². The molecule has 8 heteroatoms. The van der Waals surface area contributed by atoms with Crippen LogP contribution in [0.25, 0.3) is 0 Å². The number of carbonyl (C=O) groups excluding carboxylic acids is 2. The number of nitrogens with zero attached hydrogens (tertiary/aromatic N) is 2. The van der Waals surface area contributed by atoms with E-state index in [0.29, 0.717) is 26.2 Å². The van der Waals surface area contributed by atoms with Crippen LogP contribution in [-0.2, 0) is 18.9 Å². The number of rotatable bonds is 6.